The van der Waals surface area contributed by atoms with E-state index < -0.39 is 0 Å². The van der Waals surface area contributed by atoms with Crippen molar-refractivity contribution in [2.75, 3.05) is 5.32 Å². The summed E-state index contributed by atoms with van der Waals surface area (Å²) in [5.41, 5.74) is 6.74. The number of benzene rings is 2. The molecule has 1 amide bonds. The van der Waals surface area contributed by atoms with Crippen molar-refractivity contribution in [1.82, 2.24) is 15.0 Å². The van der Waals surface area contributed by atoms with Gasteiger partial charge in [0.2, 0.25) is 0 Å². The third-order valence-corrected chi connectivity index (χ3v) is 6.31. The number of aliphatic hydroxyl groups excluding tert-OH is 1. The van der Waals surface area contributed by atoms with Crippen molar-refractivity contribution in [1.29, 1.82) is 0 Å². The molecule has 5 aromatic rings. The number of aliphatic hydroxyl groups is 1. The first kappa shape index (κ1) is 26.2. The van der Waals surface area contributed by atoms with Crippen molar-refractivity contribution in [3.8, 4) is 33.9 Å². The molecule has 40 heavy (non-hydrogen) atoms. The number of hydrogen-bond acceptors (Lipinski definition) is 6. The summed E-state index contributed by atoms with van der Waals surface area (Å²) < 4.78 is 0. The van der Waals surface area contributed by atoms with E-state index in [0.29, 0.717) is 16.8 Å². The molecule has 2 aromatic carbocycles. The van der Waals surface area contributed by atoms with Gasteiger partial charge in [0.1, 0.15) is 5.76 Å². The van der Waals surface area contributed by atoms with Gasteiger partial charge in [-0.3, -0.25) is 19.6 Å². The van der Waals surface area contributed by atoms with E-state index in [1.54, 1.807) is 36.7 Å². The highest BCUT2D eigenvalue weighted by atomic mass is 16.3. The maximum atomic E-state index is 12.9. The Morgan fingerprint density at radius 2 is 1.20 bits per heavy atom. The molecule has 0 atom stereocenters. The molecule has 5 rings (SSSR count). The van der Waals surface area contributed by atoms with Crippen LogP contribution in [0.15, 0.2) is 115 Å². The van der Waals surface area contributed by atoms with Gasteiger partial charge in [0.15, 0.2) is 5.78 Å². The first-order chi connectivity index (χ1) is 19.4. The van der Waals surface area contributed by atoms with Crippen molar-refractivity contribution in [2.45, 2.75) is 13.8 Å². The molecule has 3 heterocycles. The van der Waals surface area contributed by atoms with Crippen molar-refractivity contribution >= 4 is 23.0 Å². The highest BCUT2D eigenvalue weighted by Gasteiger charge is 2.14. The van der Waals surface area contributed by atoms with E-state index in [-0.39, 0.29) is 23.0 Å². The summed E-state index contributed by atoms with van der Waals surface area (Å²) in [5.74, 6) is -0.587. The Balaban J connectivity index is 1.39. The second-order valence-electron chi connectivity index (χ2n) is 9.18. The lowest BCUT2D eigenvalue weighted by atomic mass is 10.00. The van der Waals surface area contributed by atoms with Crippen LogP contribution in [0.1, 0.15) is 29.8 Å². The fourth-order valence-electron chi connectivity index (χ4n) is 4.39. The Bertz CT molecular complexity index is 1640. The second-order valence-corrected chi connectivity index (χ2v) is 9.18. The topological polar surface area (TPSA) is 105 Å². The van der Waals surface area contributed by atoms with E-state index in [9.17, 15) is 14.7 Å². The summed E-state index contributed by atoms with van der Waals surface area (Å²) >= 11 is 0. The quantitative estimate of drug-likeness (QED) is 0.175. The van der Waals surface area contributed by atoms with Gasteiger partial charge in [-0.15, -0.1) is 0 Å². The molecule has 0 saturated heterocycles. The molecule has 2 N–H and O–H groups in total. The monoisotopic (exact) mass is 526 g/mol. The van der Waals surface area contributed by atoms with Crippen molar-refractivity contribution in [2.24, 2.45) is 0 Å². The Morgan fingerprint density at radius 1 is 0.650 bits per heavy atom. The lowest BCUT2D eigenvalue weighted by Gasteiger charge is -2.11. The molecule has 0 saturated carbocycles. The third kappa shape index (κ3) is 5.84. The summed E-state index contributed by atoms with van der Waals surface area (Å²) in [6, 6.07) is 29.5. The predicted molar refractivity (Wildman–Crippen MR) is 156 cm³/mol. The highest BCUT2D eigenvalue weighted by molar-refractivity contribution is 6.20. The lowest BCUT2D eigenvalue weighted by molar-refractivity contribution is -0.111. The van der Waals surface area contributed by atoms with Gasteiger partial charge >= 0.3 is 0 Å². The average molecular weight is 527 g/mol. The summed E-state index contributed by atoms with van der Waals surface area (Å²) in [7, 11) is 0. The summed E-state index contributed by atoms with van der Waals surface area (Å²) in [6.45, 7) is 2.86. The lowest BCUT2D eigenvalue weighted by Crippen LogP contribution is -2.12. The van der Waals surface area contributed by atoms with Crippen LogP contribution >= 0.6 is 0 Å². The van der Waals surface area contributed by atoms with Crippen LogP contribution in [0.3, 0.4) is 0 Å². The number of pyridine rings is 3. The van der Waals surface area contributed by atoms with Gasteiger partial charge in [-0.1, -0.05) is 36.4 Å². The molecule has 196 valence electrons. The second kappa shape index (κ2) is 11.5. The van der Waals surface area contributed by atoms with Crippen LogP contribution in [0.2, 0.25) is 0 Å². The van der Waals surface area contributed by atoms with Gasteiger partial charge in [-0.05, 0) is 91.2 Å². The van der Waals surface area contributed by atoms with Crippen LogP contribution < -0.4 is 5.32 Å². The summed E-state index contributed by atoms with van der Waals surface area (Å²) in [5, 5.41) is 12.7. The van der Waals surface area contributed by atoms with Gasteiger partial charge in [0.25, 0.3) is 5.91 Å². The normalized spacial score (nSPS) is 11.4. The number of aromatic nitrogens is 3. The van der Waals surface area contributed by atoms with E-state index >= 15 is 0 Å². The van der Waals surface area contributed by atoms with Crippen LogP contribution in [0.4, 0.5) is 5.69 Å². The van der Waals surface area contributed by atoms with Crippen molar-refractivity contribution in [3.05, 3.63) is 126 Å². The Morgan fingerprint density at radius 3 is 1.68 bits per heavy atom. The van der Waals surface area contributed by atoms with E-state index in [1.165, 1.54) is 13.8 Å². The van der Waals surface area contributed by atoms with E-state index in [0.717, 1.165) is 33.9 Å². The fraction of sp³-hybridized carbons (Fsp3) is 0.0606. The standard InChI is InChI=1S/C33H26N4O3/c1-21(38)32(22(2)39)24-9-11-25(12-10-24)33(40)36-27-15-13-23(14-16-27)26-19-30(28-7-3-5-17-34-28)37-31(20-26)29-8-4-6-18-35-29/h3-20,38H,1-2H3,(H,36,40)/b32-21-. The minimum Gasteiger partial charge on any atom is -0.512 e. The van der Waals surface area contributed by atoms with E-state index in [2.05, 4.69) is 15.3 Å². The predicted octanol–water partition coefficient (Wildman–Crippen LogP) is 7.00. The first-order valence-corrected chi connectivity index (χ1v) is 12.7. The number of nitrogens with one attached hydrogen (secondary N) is 1. The molecule has 7 heteroatoms. The van der Waals surface area contributed by atoms with Crippen LogP contribution in [0, 0.1) is 0 Å². The Labute approximate surface area is 231 Å². The van der Waals surface area contributed by atoms with Crippen LogP contribution in [0.25, 0.3) is 39.5 Å². The minimum absolute atomic E-state index is 0.0571. The molecule has 0 bridgehead atoms. The van der Waals surface area contributed by atoms with Gasteiger partial charge in [0, 0.05) is 23.6 Å². The Kier molecular flexibility index (Phi) is 7.55. The first-order valence-electron chi connectivity index (χ1n) is 12.7. The van der Waals surface area contributed by atoms with Crippen LogP contribution in [0.5, 0.6) is 0 Å². The number of nitrogens with zero attached hydrogens (tertiary/aromatic N) is 3. The minimum atomic E-state index is -0.285. The molecular weight excluding hydrogens is 500 g/mol. The third-order valence-electron chi connectivity index (χ3n) is 6.31. The number of Topliss-reactive ketones (excluding diaryl/α,β-unsaturated/α-hetero) is 1. The number of rotatable bonds is 7. The zero-order chi connectivity index (χ0) is 28.1. The zero-order valence-electron chi connectivity index (χ0n) is 22.0. The fourth-order valence-corrected chi connectivity index (χ4v) is 4.39. The van der Waals surface area contributed by atoms with Crippen LogP contribution in [-0.4, -0.2) is 31.7 Å². The number of allylic oxidation sites excluding steroid dienone is 2. The van der Waals surface area contributed by atoms with E-state index in [1.807, 2.05) is 72.8 Å². The van der Waals surface area contributed by atoms with Gasteiger partial charge in [0.05, 0.1) is 28.3 Å². The number of anilines is 1. The molecule has 0 spiro atoms. The molecule has 0 aliphatic carbocycles. The number of carbonyl (C=O) groups excluding carboxylic acids is 2. The molecule has 0 aliphatic rings. The average Bonchev–Trinajstić information content (AvgIpc) is 2.98. The molecular formula is C33H26N4O3. The molecule has 0 fully saturated rings. The number of amides is 1. The maximum absolute atomic E-state index is 12.9. The molecule has 0 radical (unpaired) electrons. The van der Waals surface area contributed by atoms with E-state index in [4.69, 9.17) is 4.98 Å². The highest BCUT2D eigenvalue weighted by Crippen LogP contribution is 2.29. The van der Waals surface area contributed by atoms with Crippen LogP contribution in [-0.2, 0) is 4.79 Å². The van der Waals surface area contributed by atoms with Crippen molar-refractivity contribution in [3.63, 3.8) is 0 Å². The molecule has 3 aromatic heterocycles. The molecule has 0 aliphatic heterocycles. The number of hydrogen-bond donors (Lipinski definition) is 2. The van der Waals surface area contributed by atoms with Gasteiger partial charge in [-0.2, -0.15) is 0 Å². The number of carbonyl (C=O) groups is 2. The maximum Gasteiger partial charge on any atom is 0.255 e. The molecule has 7 nitrogen and oxygen atoms in total. The Hall–Kier alpha value is -5.43. The van der Waals surface area contributed by atoms with Gasteiger partial charge in [-0.25, -0.2) is 4.98 Å². The zero-order valence-corrected chi connectivity index (χ0v) is 22.0. The largest absolute Gasteiger partial charge is 0.512 e. The summed E-state index contributed by atoms with van der Waals surface area (Å²) in [6.07, 6.45) is 3.48. The molecule has 0 unspecified atom stereocenters. The summed E-state index contributed by atoms with van der Waals surface area (Å²) in [4.78, 5) is 38.4. The van der Waals surface area contributed by atoms with Gasteiger partial charge < -0.3 is 10.4 Å². The SMILES string of the molecule is CC(=O)/C(=C(\C)O)c1ccc(C(=O)Nc2ccc(-c3cc(-c4ccccn4)nc(-c4ccccn4)c3)cc2)cc1. The van der Waals surface area contributed by atoms with Crippen molar-refractivity contribution < 1.29 is 14.7 Å². The number of ketones is 1. The smallest absolute Gasteiger partial charge is 0.255 e.